The number of nitrogens with zero attached hydrogens (tertiary/aromatic N) is 2. The van der Waals surface area contributed by atoms with Crippen molar-refractivity contribution in [2.24, 2.45) is 0 Å². The van der Waals surface area contributed by atoms with Gasteiger partial charge in [-0.2, -0.15) is 0 Å². The van der Waals surface area contributed by atoms with Crippen molar-refractivity contribution >= 4 is 11.7 Å². The van der Waals surface area contributed by atoms with Gasteiger partial charge in [0.1, 0.15) is 0 Å². The van der Waals surface area contributed by atoms with E-state index in [4.69, 9.17) is 9.47 Å². The first-order valence-electron chi connectivity index (χ1n) is 6.61. The number of hydrogen-bond acceptors (Lipinski definition) is 5. The Kier molecular flexibility index (Phi) is 3.62. The maximum absolute atomic E-state index is 11.9. The summed E-state index contributed by atoms with van der Waals surface area (Å²) in [6, 6.07) is 5.09. The highest BCUT2D eigenvalue weighted by Gasteiger charge is 2.17. The summed E-state index contributed by atoms with van der Waals surface area (Å²) in [5.74, 6) is 1.36. The molecule has 1 aromatic rings. The number of nitrogens with one attached hydrogen (secondary N) is 2. The van der Waals surface area contributed by atoms with Crippen LogP contribution in [0.15, 0.2) is 18.2 Å². The molecule has 0 saturated carbocycles. The standard InChI is InChI=1S/C13H18N4O3/c1-16-4-6-17(7-5-16)15-13(18)14-10-2-3-11-12(8-10)20-9-19-11/h2-3,8H,4-7,9H2,1H3,(H2,14,15,18). The zero-order chi connectivity index (χ0) is 13.9. The van der Waals surface area contributed by atoms with Crippen molar-refractivity contribution in [1.82, 2.24) is 15.3 Å². The highest BCUT2D eigenvalue weighted by Crippen LogP contribution is 2.34. The number of fused-ring (bicyclic) bond motifs is 1. The third kappa shape index (κ3) is 2.94. The Balaban J connectivity index is 1.54. The molecule has 0 unspecified atom stereocenters. The van der Waals surface area contributed by atoms with Crippen LogP contribution in [0.2, 0.25) is 0 Å². The topological polar surface area (TPSA) is 66.1 Å². The second-order valence-electron chi connectivity index (χ2n) is 4.92. The molecule has 1 fully saturated rings. The zero-order valence-electron chi connectivity index (χ0n) is 11.4. The van der Waals surface area contributed by atoms with Gasteiger partial charge in [0.25, 0.3) is 0 Å². The second kappa shape index (κ2) is 5.56. The number of hydrogen-bond donors (Lipinski definition) is 2. The molecule has 2 aliphatic heterocycles. The lowest BCUT2D eigenvalue weighted by Gasteiger charge is -2.32. The molecule has 2 amide bonds. The number of hydrazine groups is 1. The number of rotatable bonds is 2. The Morgan fingerprint density at radius 1 is 1.15 bits per heavy atom. The van der Waals surface area contributed by atoms with Crippen molar-refractivity contribution < 1.29 is 14.3 Å². The number of ether oxygens (including phenoxy) is 2. The summed E-state index contributed by atoms with van der Waals surface area (Å²) < 4.78 is 10.5. The van der Waals surface area contributed by atoms with Gasteiger partial charge in [-0.05, 0) is 19.2 Å². The number of benzene rings is 1. The minimum absolute atomic E-state index is 0.228. The first-order valence-corrected chi connectivity index (χ1v) is 6.61. The van der Waals surface area contributed by atoms with E-state index in [0.29, 0.717) is 17.2 Å². The molecule has 0 radical (unpaired) electrons. The van der Waals surface area contributed by atoms with Gasteiger partial charge >= 0.3 is 6.03 Å². The summed E-state index contributed by atoms with van der Waals surface area (Å²) in [4.78, 5) is 14.1. The lowest BCUT2D eigenvalue weighted by Crippen LogP contribution is -2.53. The van der Waals surface area contributed by atoms with Crippen molar-refractivity contribution in [1.29, 1.82) is 0 Å². The highest BCUT2D eigenvalue weighted by molar-refractivity contribution is 5.89. The molecule has 108 valence electrons. The Labute approximate surface area is 117 Å². The van der Waals surface area contributed by atoms with Crippen molar-refractivity contribution in [3.05, 3.63) is 18.2 Å². The number of carbonyl (C=O) groups excluding carboxylic acids is 1. The predicted molar refractivity (Wildman–Crippen MR) is 73.8 cm³/mol. The van der Waals surface area contributed by atoms with Crippen LogP contribution in [-0.4, -0.2) is 56.0 Å². The van der Waals surface area contributed by atoms with E-state index in [2.05, 4.69) is 22.7 Å². The van der Waals surface area contributed by atoms with Crippen molar-refractivity contribution in [2.45, 2.75) is 0 Å². The molecule has 0 spiro atoms. The van der Waals surface area contributed by atoms with Crippen LogP contribution in [0.5, 0.6) is 11.5 Å². The lowest BCUT2D eigenvalue weighted by atomic mass is 10.3. The molecule has 20 heavy (non-hydrogen) atoms. The predicted octanol–water partition coefficient (Wildman–Crippen LogP) is 0.699. The number of carbonyl (C=O) groups is 1. The molecule has 3 rings (SSSR count). The van der Waals surface area contributed by atoms with Gasteiger partial charge in [0.15, 0.2) is 11.5 Å². The number of likely N-dealkylation sites (N-methyl/N-ethyl adjacent to an activating group) is 1. The van der Waals surface area contributed by atoms with Gasteiger partial charge in [-0.25, -0.2) is 9.80 Å². The smallest absolute Gasteiger partial charge is 0.333 e. The number of piperazine rings is 1. The molecule has 0 aromatic heterocycles. The Hall–Kier alpha value is -1.99. The molecule has 7 nitrogen and oxygen atoms in total. The van der Waals surface area contributed by atoms with Gasteiger partial charge in [-0.1, -0.05) is 0 Å². The summed E-state index contributed by atoms with van der Waals surface area (Å²) in [7, 11) is 2.07. The van der Waals surface area contributed by atoms with Crippen LogP contribution in [-0.2, 0) is 0 Å². The average molecular weight is 278 g/mol. The maximum atomic E-state index is 11.9. The summed E-state index contributed by atoms with van der Waals surface area (Å²) in [5.41, 5.74) is 3.52. The maximum Gasteiger partial charge on any atom is 0.333 e. The van der Waals surface area contributed by atoms with Gasteiger partial charge < -0.3 is 19.7 Å². The molecule has 1 saturated heterocycles. The molecule has 1 aromatic carbocycles. The van der Waals surface area contributed by atoms with Crippen LogP contribution in [0.3, 0.4) is 0 Å². The van der Waals surface area contributed by atoms with Crippen molar-refractivity contribution in [3.63, 3.8) is 0 Å². The Morgan fingerprint density at radius 3 is 2.70 bits per heavy atom. The fourth-order valence-corrected chi connectivity index (χ4v) is 2.20. The Bertz CT molecular complexity index is 500. The van der Waals surface area contributed by atoms with Gasteiger partial charge in [0.05, 0.1) is 0 Å². The van der Waals surface area contributed by atoms with Gasteiger partial charge in [-0.15, -0.1) is 0 Å². The van der Waals surface area contributed by atoms with E-state index < -0.39 is 0 Å². The fourth-order valence-electron chi connectivity index (χ4n) is 2.20. The first-order chi connectivity index (χ1) is 9.70. The lowest BCUT2D eigenvalue weighted by molar-refractivity contribution is 0.116. The van der Waals surface area contributed by atoms with Crippen LogP contribution in [0.1, 0.15) is 0 Å². The number of anilines is 1. The Morgan fingerprint density at radius 2 is 1.90 bits per heavy atom. The molecular formula is C13H18N4O3. The number of amides is 2. The molecule has 2 heterocycles. The van der Waals surface area contributed by atoms with Crippen molar-refractivity contribution in [3.8, 4) is 11.5 Å². The third-order valence-electron chi connectivity index (χ3n) is 3.39. The minimum Gasteiger partial charge on any atom is -0.454 e. The quantitative estimate of drug-likeness (QED) is 0.833. The van der Waals surface area contributed by atoms with E-state index >= 15 is 0 Å². The van der Waals surface area contributed by atoms with E-state index in [1.54, 1.807) is 18.2 Å². The summed E-state index contributed by atoms with van der Waals surface area (Å²) in [6.07, 6.45) is 0. The van der Waals surface area contributed by atoms with E-state index in [0.717, 1.165) is 26.2 Å². The average Bonchev–Trinajstić information content (AvgIpc) is 2.89. The molecule has 0 bridgehead atoms. The van der Waals surface area contributed by atoms with Crippen LogP contribution in [0.4, 0.5) is 10.5 Å². The molecule has 0 atom stereocenters. The summed E-state index contributed by atoms with van der Waals surface area (Å²) in [6.45, 7) is 3.77. The molecule has 2 aliphatic rings. The second-order valence-corrected chi connectivity index (χ2v) is 4.92. The fraction of sp³-hybridized carbons (Fsp3) is 0.462. The third-order valence-corrected chi connectivity index (χ3v) is 3.39. The monoisotopic (exact) mass is 278 g/mol. The van der Waals surface area contributed by atoms with Crippen LogP contribution in [0.25, 0.3) is 0 Å². The van der Waals surface area contributed by atoms with Gasteiger partial charge in [0, 0.05) is 37.9 Å². The summed E-state index contributed by atoms with van der Waals surface area (Å²) >= 11 is 0. The van der Waals surface area contributed by atoms with Crippen molar-refractivity contribution in [2.75, 3.05) is 45.3 Å². The van der Waals surface area contributed by atoms with E-state index in [-0.39, 0.29) is 12.8 Å². The van der Waals surface area contributed by atoms with Crippen LogP contribution < -0.4 is 20.2 Å². The van der Waals surface area contributed by atoms with Gasteiger partial charge in [-0.3, -0.25) is 5.43 Å². The van der Waals surface area contributed by atoms with E-state index in [1.807, 2.05) is 5.01 Å². The van der Waals surface area contributed by atoms with E-state index in [9.17, 15) is 4.79 Å². The van der Waals surface area contributed by atoms with Crippen LogP contribution >= 0.6 is 0 Å². The molecule has 0 aliphatic carbocycles. The SMILES string of the molecule is CN1CCN(NC(=O)Nc2ccc3c(c2)OCO3)CC1. The highest BCUT2D eigenvalue weighted by atomic mass is 16.7. The first kappa shape index (κ1) is 13.0. The van der Waals surface area contributed by atoms with Crippen LogP contribution in [0, 0.1) is 0 Å². The summed E-state index contributed by atoms with van der Waals surface area (Å²) in [5, 5.41) is 4.71. The normalized spacial score (nSPS) is 18.9. The molecule has 2 N–H and O–H groups in total. The minimum atomic E-state index is -0.242. The number of urea groups is 1. The molecular weight excluding hydrogens is 260 g/mol. The van der Waals surface area contributed by atoms with Gasteiger partial charge in [0.2, 0.25) is 6.79 Å². The molecule has 7 heteroatoms. The largest absolute Gasteiger partial charge is 0.454 e. The van der Waals surface area contributed by atoms with E-state index in [1.165, 1.54) is 0 Å². The zero-order valence-corrected chi connectivity index (χ0v) is 11.4.